The van der Waals surface area contributed by atoms with E-state index in [2.05, 4.69) is 51.3 Å². The van der Waals surface area contributed by atoms with Crippen LogP contribution in [-0.4, -0.2) is 31.6 Å². The number of rotatable bonds is 4. The van der Waals surface area contributed by atoms with Crippen LogP contribution in [0.25, 0.3) is 22.6 Å². The second kappa shape index (κ2) is 7.72. The number of aromatic amines is 2. The molecule has 0 saturated carbocycles. The van der Waals surface area contributed by atoms with Crippen molar-refractivity contribution in [3.8, 4) is 22.6 Å². The van der Waals surface area contributed by atoms with Gasteiger partial charge in [0.2, 0.25) is 0 Å². The maximum atomic E-state index is 12.8. The van der Waals surface area contributed by atoms with Gasteiger partial charge in [0.1, 0.15) is 5.82 Å². The summed E-state index contributed by atoms with van der Waals surface area (Å²) in [6.07, 6.45) is 2.64. The Labute approximate surface area is 174 Å². The van der Waals surface area contributed by atoms with Crippen molar-refractivity contribution in [2.45, 2.75) is 26.4 Å². The molecule has 0 amide bonds. The standard InChI is InChI=1S/C24H23N5O/c1-16-7-9-17(10-8-16)22-19(13-25-28-22)14-29-12-11-21-20(15-29)24(30)27-23(26-21)18-5-3-2-4-6-18/h2-10,13H,11-12,14-15H2,1H3,(H,25,28)(H,26,27,30). The molecule has 2 aromatic carbocycles. The molecule has 6 heteroatoms. The van der Waals surface area contributed by atoms with Crippen LogP contribution in [0.2, 0.25) is 0 Å². The molecule has 1 aliphatic rings. The first kappa shape index (κ1) is 18.5. The van der Waals surface area contributed by atoms with Gasteiger partial charge in [0.25, 0.3) is 5.56 Å². The number of nitrogens with one attached hydrogen (secondary N) is 2. The smallest absolute Gasteiger partial charge is 0.255 e. The van der Waals surface area contributed by atoms with Crippen molar-refractivity contribution in [3.63, 3.8) is 0 Å². The van der Waals surface area contributed by atoms with Crippen molar-refractivity contribution in [2.75, 3.05) is 6.54 Å². The summed E-state index contributed by atoms with van der Waals surface area (Å²) in [4.78, 5) is 22.8. The fourth-order valence-corrected chi connectivity index (χ4v) is 3.99. The molecule has 2 aromatic heterocycles. The van der Waals surface area contributed by atoms with Gasteiger partial charge in [-0.2, -0.15) is 5.10 Å². The highest BCUT2D eigenvalue weighted by molar-refractivity contribution is 5.63. The van der Waals surface area contributed by atoms with E-state index < -0.39 is 0 Å². The molecule has 1 aliphatic heterocycles. The van der Waals surface area contributed by atoms with Gasteiger partial charge in [-0.1, -0.05) is 60.2 Å². The number of hydrogen-bond acceptors (Lipinski definition) is 4. The van der Waals surface area contributed by atoms with Gasteiger partial charge in [0, 0.05) is 37.2 Å². The zero-order valence-corrected chi connectivity index (χ0v) is 16.9. The molecule has 0 atom stereocenters. The first-order valence-electron chi connectivity index (χ1n) is 10.2. The van der Waals surface area contributed by atoms with Gasteiger partial charge in [-0.25, -0.2) is 4.98 Å². The molecule has 6 nitrogen and oxygen atoms in total. The molecular weight excluding hydrogens is 374 g/mol. The minimum absolute atomic E-state index is 0.0468. The van der Waals surface area contributed by atoms with Crippen LogP contribution >= 0.6 is 0 Å². The van der Waals surface area contributed by atoms with E-state index in [1.165, 1.54) is 5.56 Å². The Hall–Kier alpha value is -3.51. The highest BCUT2D eigenvalue weighted by Gasteiger charge is 2.23. The maximum Gasteiger partial charge on any atom is 0.255 e. The Balaban J connectivity index is 1.38. The van der Waals surface area contributed by atoms with Crippen molar-refractivity contribution in [3.05, 3.63) is 93.5 Å². The first-order chi connectivity index (χ1) is 14.7. The zero-order chi connectivity index (χ0) is 20.5. The van der Waals surface area contributed by atoms with E-state index in [0.717, 1.165) is 53.2 Å². The monoisotopic (exact) mass is 397 g/mol. The lowest BCUT2D eigenvalue weighted by Gasteiger charge is -2.27. The molecule has 0 saturated heterocycles. The van der Waals surface area contributed by atoms with E-state index in [4.69, 9.17) is 4.98 Å². The van der Waals surface area contributed by atoms with Crippen LogP contribution in [0, 0.1) is 6.92 Å². The quantitative estimate of drug-likeness (QED) is 0.551. The number of aromatic nitrogens is 4. The normalized spacial score (nSPS) is 13.9. The largest absolute Gasteiger partial charge is 0.306 e. The summed E-state index contributed by atoms with van der Waals surface area (Å²) in [5.41, 5.74) is 7.07. The van der Waals surface area contributed by atoms with Crippen LogP contribution in [0.5, 0.6) is 0 Å². The molecule has 0 bridgehead atoms. The summed E-state index contributed by atoms with van der Waals surface area (Å²) < 4.78 is 0. The maximum absolute atomic E-state index is 12.8. The lowest BCUT2D eigenvalue weighted by atomic mass is 10.0. The number of H-pyrrole nitrogens is 2. The van der Waals surface area contributed by atoms with Crippen LogP contribution in [0.3, 0.4) is 0 Å². The summed E-state index contributed by atoms with van der Waals surface area (Å²) in [6.45, 7) is 4.26. The van der Waals surface area contributed by atoms with Crippen molar-refractivity contribution in [1.29, 1.82) is 0 Å². The van der Waals surface area contributed by atoms with E-state index >= 15 is 0 Å². The van der Waals surface area contributed by atoms with Crippen LogP contribution in [0.4, 0.5) is 0 Å². The number of fused-ring (bicyclic) bond motifs is 1. The Bertz CT molecular complexity index is 1220. The van der Waals surface area contributed by atoms with Crippen LogP contribution < -0.4 is 5.56 Å². The lowest BCUT2D eigenvalue weighted by molar-refractivity contribution is 0.242. The number of hydrogen-bond donors (Lipinski definition) is 2. The molecule has 4 aromatic rings. The zero-order valence-electron chi connectivity index (χ0n) is 16.9. The fourth-order valence-electron chi connectivity index (χ4n) is 3.99. The Morgan fingerprint density at radius 1 is 1.03 bits per heavy atom. The molecule has 0 aliphatic carbocycles. The van der Waals surface area contributed by atoms with E-state index in [9.17, 15) is 4.79 Å². The van der Waals surface area contributed by atoms with Crippen LogP contribution in [-0.2, 0) is 19.5 Å². The molecule has 0 unspecified atom stereocenters. The van der Waals surface area contributed by atoms with Crippen LogP contribution in [0.1, 0.15) is 22.4 Å². The Morgan fingerprint density at radius 2 is 1.83 bits per heavy atom. The highest BCUT2D eigenvalue weighted by atomic mass is 16.1. The van der Waals surface area contributed by atoms with E-state index in [-0.39, 0.29) is 5.56 Å². The highest BCUT2D eigenvalue weighted by Crippen LogP contribution is 2.25. The Morgan fingerprint density at radius 3 is 2.63 bits per heavy atom. The average Bonchev–Trinajstić information content (AvgIpc) is 3.23. The van der Waals surface area contributed by atoms with Gasteiger partial charge in [-0.15, -0.1) is 0 Å². The van der Waals surface area contributed by atoms with Gasteiger partial charge >= 0.3 is 0 Å². The summed E-state index contributed by atoms with van der Waals surface area (Å²) in [6, 6.07) is 18.2. The topological polar surface area (TPSA) is 77.7 Å². The average molecular weight is 397 g/mol. The van der Waals surface area contributed by atoms with Crippen molar-refractivity contribution in [1.82, 2.24) is 25.1 Å². The molecule has 30 heavy (non-hydrogen) atoms. The molecule has 3 heterocycles. The number of aryl methyl sites for hydroxylation is 1. The number of benzene rings is 2. The molecule has 5 rings (SSSR count). The molecule has 0 fully saturated rings. The summed E-state index contributed by atoms with van der Waals surface area (Å²) in [5, 5.41) is 7.39. The van der Waals surface area contributed by atoms with E-state index in [0.29, 0.717) is 12.4 Å². The van der Waals surface area contributed by atoms with E-state index in [1.807, 2.05) is 36.5 Å². The third kappa shape index (κ3) is 3.57. The third-order valence-electron chi connectivity index (χ3n) is 5.65. The fraction of sp³-hybridized carbons (Fsp3) is 0.208. The first-order valence-corrected chi connectivity index (χ1v) is 10.2. The second-order valence-electron chi connectivity index (χ2n) is 7.80. The summed E-state index contributed by atoms with van der Waals surface area (Å²) in [5.74, 6) is 0.643. The lowest BCUT2D eigenvalue weighted by Crippen LogP contribution is -2.35. The minimum atomic E-state index is -0.0468. The van der Waals surface area contributed by atoms with E-state index in [1.54, 1.807) is 0 Å². The van der Waals surface area contributed by atoms with Crippen molar-refractivity contribution in [2.24, 2.45) is 0 Å². The molecule has 2 N–H and O–H groups in total. The molecule has 0 radical (unpaired) electrons. The van der Waals surface area contributed by atoms with Crippen molar-refractivity contribution < 1.29 is 0 Å². The number of nitrogens with zero attached hydrogens (tertiary/aromatic N) is 3. The van der Waals surface area contributed by atoms with Gasteiger partial charge in [0.05, 0.1) is 23.1 Å². The SMILES string of the molecule is Cc1ccc(-c2[nH]ncc2CN2CCc3nc(-c4ccccc4)[nH]c(=O)c3C2)cc1. The molecule has 0 spiro atoms. The third-order valence-corrected chi connectivity index (χ3v) is 5.65. The van der Waals surface area contributed by atoms with Gasteiger partial charge in [-0.05, 0) is 12.5 Å². The summed E-state index contributed by atoms with van der Waals surface area (Å²) in [7, 11) is 0. The Kier molecular flexibility index (Phi) is 4.77. The van der Waals surface area contributed by atoms with Crippen LogP contribution in [0.15, 0.2) is 65.6 Å². The predicted octanol–water partition coefficient (Wildman–Crippen LogP) is 3.69. The van der Waals surface area contributed by atoms with Gasteiger partial charge < -0.3 is 4.98 Å². The summed E-state index contributed by atoms with van der Waals surface area (Å²) >= 11 is 0. The molecular formula is C24H23N5O. The van der Waals surface area contributed by atoms with Crippen molar-refractivity contribution >= 4 is 0 Å². The van der Waals surface area contributed by atoms with Gasteiger partial charge in [0.15, 0.2) is 0 Å². The van der Waals surface area contributed by atoms with Gasteiger partial charge in [-0.3, -0.25) is 14.8 Å². The minimum Gasteiger partial charge on any atom is -0.306 e. The predicted molar refractivity (Wildman–Crippen MR) is 117 cm³/mol. The second-order valence-corrected chi connectivity index (χ2v) is 7.80. The molecule has 150 valence electrons.